The fourth-order valence-electron chi connectivity index (χ4n) is 2.24. The number of hydrogen-bond acceptors (Lipinski definition) is 3. The molecule has 1 aliphatic rings. The van der Waals surface area contributed by atoms with Gasteiger partial charge < -0.3 is 15.0 Å². The van der Waals surface area contributed by atoms with Crippen LogP contribution in [0.5, 0.6) is 0 Å². The van der Waals surface area contributed by atoms with Crippen LogP contribution in [0.15, 0.2) is 18.2 Å². The van der Waals surface area contributed by atoms with Crippen LogP contribution in [-0.2, 0) is 15.7 Å². The van der Waals surface area contributed by atoms with E-state index in [0.717, 1.165) is 6.07 Å². The normalized spacial score (nSPS) is 15.2. The summed E-state index contributed by atoms with van der Waals surface area (Å²) in [6.07, 6.45) is -4.86. The molecule has 1 heterocycles. The highest BCUT2D eigenvalue weighted by Gasteiger charge is 2.34. The van der Waals surface area contributed by atoms with Crippen molar-refractivity contribution in [3.8, 4) is 0 Å². The number of nitrogens with one attached hydrogen (secondary N) is 1. The van der Waals surface area contributed by atoms with E-state index in [1.165, 1.54) is 0 Å². The van der Waals surface area contributed by atoms with Gasteiger partial charge in [-0.05, 0) is 18.2 Å². The van der Waals surface area contributed by atoms with Gasteiger partial charge in [0.25, 0.3) is 5.91 Å². The highest BCUT2D eigenvalue weighted by atomic mass is 19.4. The highest BCUT2D eigenvalue weighted by molar-refractivity contribution is 5.94. The zero-order valence-electron chi connectivity index (χ0n) is 12.7. The van der Waals surface area contributed by atoms with E-state index in [-0.39, 0.29) is 24.4 Å². The Bertz CT molecular complexity index is 613. The molecule has 1 fully saturated rings. The molecule has 1 aliphatic heterocycles. The Labute approximate surface area is 135 Å². The molecule has 0 aromatic heterocycles. The molecule has 2 amide bonds. The number of alkyl halides is 3. The third-order valence-corrected chi connectivity index (χ3v) is 3.52. The first-order valence-electron chi connectivity index (χ1n) is 7.29. The number of amides is 2. The maximum atomic E-state index is 13.2. The molecule has 0 atom stereocenters. The average molecular weight is 348 g/mol. The molecule has 1 N–H and O–H groups in total. The van der Waals surface area contributed by atoms with Crippen LogP contribution < -0.4 is 5.32 Å². The van der Waals surface area contributed by atoms with Gasteiger partial charge in [-0.1, -0.05) is 0 Å². The number of ether oxygens (including phenoxy) is 1. The molecule has 5 nitrogen and oxygen atoms in total. The van der Waals surface area contributed by atoms with Crippen molar-refractivity contribution in [2.45, 2.75) is 12.6 Å². The van der Waals surface area contributed by atoms with Gasteiger partial charge in [-0.3, -0.25) is 9.59 Å². The summed E-state index contributed by atoms with van der Waals surface area (Å²) in [5.41, 5.74) is -1.82. The second-order valence-electron chi connectivity index (χ2n) is 5.19. The molecule has 0 bridgehead atoms. The monoisotopic (exact) mass is 348 g/mol. The molecule has 0 aliphatic carbocycles. The van der Waals surface area contributed by atoms with Gasteiger partial charge in [0, 0.05) is 31.6 Å². The van der Waals surface area contributed by atoms with Gasteiger partial charge >= 0.3 is 6.18 Å². The fourth-order valence-corrected chi connectivity index (χ4v) is 2.24. The van der Waals surface area contributed by atoms with Crippen LogP contribution in [-0.4, -0.2) is 49.6 Å². The van der Waals surface area contributed by atoms with Crippen molar-refractivity contribution in [1.82, 2.24) is 10.2 Å². The molecule has 132 valence electrons. The second kappa shape index (κ2) is 7.61. The predicted molar refractivity (Wildman–Crippen MR) is 75.8 cm³/mol. The van der Waals surface area contributed by atoms with Gasteiger partial charge in [0.2, 0.25) is 5.91 Å². The number of nitrogens with zero attached hydrogens (tertiary/aromatic N) is 1. The standard InChI is InChI=1S/C15H16F4N2O3/c16-12-2-1-10(9-11(12)15(17,18)19)14(23)20-4-3-13(22)21-5-7-24-8-6-21/h1-2,9H,3-8H2,(H,20,23). The topological polar surface area (TPSA) is 58.6 Å². The van der Waals surface area contributed by atoms with Gasteiger partial charge in [-0.15, -0.1) is 0 Å². The number of carbonyl (C=O) groups is 2. The summed E-state index contributed by atoms with van der Waals surface area (Å²) in [4.78, 5) is 25.3. The number of benzene rings is 1. The maximum Gasteiger partial charge on any atom is 0.419 e. The Morgan fingerprint density at radius 2 is 1.88 bits per heavy atom. The molecule has 0 radical (unpaired) electrons. The fraction of sp³-hybridized carbons (Fsp3) is 0.467. The van der Waals surface area contributed by atoms with Crippen molar-refractivity contribution < 1.29 is 31.9 Å². The molecule has 0 unspecified atom stereocenters. The van der Waals surface area contributed by atoms with Gasteiger partial charge in [0.05, 0.1) is 18.8 Å². The zero-order valence-corrected chi connectivity index (χ0v) is 12.7. The van der Waals surface area contributed by atoms with E-state index in [4.69, 9.17) is 4.74 Å². The van der Waals surface area contributed by atoms with Crippen LogP contribution >= 0.6 is 0 Å². The van der Waals surface area contributed by atoms with Crippen molar-refractivity contribution in [1.29, 1.82) is 0 Å². The third-order valence-electron chi connectivity index (χ3n) is 3.52. The number of morpholine rings is 1. The van der Waals surface area contributed by atoms with Gasteiger partial charge in [-0.25, -0.2) is 4.39 Å². The van der Waals surface area contributed by atoms with E-state index >= 15 is 0 Å². The first-order valence-corrected chi connectivity index (χ1v) is 7.29. The summed E-state index contributed by atoms with van der Waals surface area (Å²) in [7, 11) is 0. The molecule has 1 aromatic carbocycles. The highest BCUT2D eigenvalue weighted by Crippen LogP contribution is 2.31. The number of halogens is 4. The molecule has 9 heteroatoms. The predicted octanol–water partition coefficient (Wildman–Crippen LogP) is 1.82. The van der Waals surface area contributed by atoms with Gasteiger partial charge in [0.15, 0.2) is 0 Å². The lowest BCUT2D eigenvalue weighted by molar-refractivity contribution is -0.140. The lowest BCUT2D eigenvalue weighted by Crippen LogP contribution is -2.42. The summed E-state index contributed by atoms with van der Waals surface area (Å²) in [5.74, 6) is -2.41. The molecule has 0 spiro atoms. The van der Waals surface area contributed by atoms with Gasteiger partial charge in [-0.2, -0.15) is 13.2 Å². The molecule has 1 saturated heterocycles. The Morgan fingerprint density at radius 3 is 2.50 bits per heavy atom. The maximum absolute atomic E-state index is 13.2. The number of rotatable bonds is 4. The summed E-state index contributed by atoms with van der Waals surface area (Å²) in [5, 5.41) is 2.36. The Kier molecular flexibility index (Phi) is 5.76. The van der Waals surface area contributed by atoms with Crippen molar-refractivity contribution >= 4 is 11.8 Å². The smallest absolute Gasteiger partial charge is 0.378 e. The lowest BCUT2D eigenvalue weighted by atomic mass is 10.1. The minimum absolute atomic E-state index is 0.0201. The first kappa shape index (κ1) is 18.2. The summed E-state index contributed by atoms with van der Waals surface area (Å²) >= 11 is 0. The quantitative estimate of drug-likeness (QED) is 0.845. The van der Waals surface area contributed by atoms with Crippen LogP contribution in [0, 0.1) is 5.82 Å². The van der Waals surface area contributed by atoms with Crippen molar-refractivity contribution in [2.75, 3.05) is 32.8 Å². The minimum Gasteiger partial charge on any atom is -0.378 e. The van der Waals surface area contributed by atoms with Gasteiger partial charge in [0.1, 0.15) is 5.82 Å². The van der Waals surface area contributed by atoms with E-state index in [2.05, 4.69) is 5.32 Å². The third kappa shape index (κ3) is 4.67. The van der Waals surface area contributed by atoms with Crippen LogP contribution in [0.4, 0.5) is 17.6 Å². The molecular weight excluding hydrogens is 332 g/mol. The number of hydrogen-bond donors (Lipinski definition) is 1. The Morgan fingerprint density at radius 1 is 1.21 bits per heavy atom. The average Bonchev–Trinajstić information content (AvgIpc) is 2.54. The number of carbonyl (C=O) groups excluding carboxylic acids is 2. The molecule has 0 saturated carbocycles. The summed E-state index contributed by atoms with van der Waals surface area (Å²) < 4.78 is 56.2. The van der Waals surface area contributed by atoms with Crippen LogP contribution in [0.3, 0.4) is 0 Å². The molecular formula is C15H16F4N2O3. The molecule has 1 aromatic rings. The summed E-state index contributed by atoms with van der Waals surface area (Å²) in [6, 6.07) is 2.01. The van der Waals surface area contributed by atoms with E-state index in [1.807, 2.05) is 0 Å². The second-order valence-corrected chi connectivity index (χ2v) is 5.19. The van der Waals surface area contributed by atoms with Crippen molar-refractivity contribution in [3.05, 3.63) is 35.1 Å². The van der Waals surface area contributed by atoms with Crippen molar-refractivity contribution in [2.24, 2.45) is 0 Å². The molecule has 2 rings (SSSR count). The van der Waals surface area contributed by atoms with Crippen LogP contribution in [0.25, 0.3) is 0 Å². The largest absolute Gasteiger partial charge is 0.419 e. The van der Waals surface area contributed by atoms with Crippen LogP contribution in [0.2, 0.25) is 0 Å². The van der Waals surface area contributed by atoms with E-state index < -0.39 is 23.5 Å². The molecule has 24 heavy (non-hydrogen) atoms. The summed E-state index contributed by atoms with van der Waals surface area (Å²) in [6.45, 7) is 1.83. The Balaban J connectivity index is 1.89. The first-order chi connectivity index (χ1) is 11.3. The minimum atomic E-state index is -4.88. The van der Waals surface area contributed by atoms with Crippen molar-refractivity contribution in [3.63, 3.8) is 0 Å². The Hall–Kier alpha value is -2.16. The lowest BCUT2D eigenvalue weighted by Gasteiger charge is -2.26. The zero-order chi connectivity index (χ0) is 17.7. The van der Waals surface area contributed by atoms with E-state index in [0.29, 0.717) is 38.4 Å². The van der Waals surface area contributed by atoms with E-state index in [1.54, 1.807) is 4.90 Å². The van der Waals surface area contributed by atoms with Crippen LogP contribution in [0.1, 0.15) is 22.3 Å². The SMILES string of the molecule is O=C(NCCC(=O)N1CCOCC1)c1ccc(F)c(C(F)(F)F)c1. The van der Waals surface area contributed by atoms with E-state index in [9.17, 15) is 27.2 Å².